The second-order valence-corrected chi connectivity index (χ2v) is 7.44. The Labute approximate surface area is 170 Å². The lowest BCUT2D eigenvalue weighted by atomic mass is 10.00. The Kier molecular flexibility index (Phi) is 6.80. The molecule has 1 saturated heterocycles. The van der Waals surface area contributed by atoms with Gasteiger partial charge in [-0.15, -0.1) is 0 Å². The fourth-order valence-corrected chi connectivity index (χ4v) is 4.06. The molecular weight excluding hydrogens is 380 g/mol. The van der Waals surface area contributed by atoms with Gasteiger partial charge in [0.1, 0.15) is 6.54 Å². The predicted molar refractivity (Wildman–Crippen MR) is 109 cm³/mol. The van der Waals surface area contributed by atoms with E-state index in [4.69, 9.17) is 16.3 Å². The molecule has 7 nitrogen and oxygen atoms in total. The lowest BCUT2D eigenvalue weighted by Crippen LogP contribution is -3.15. The van der Waals surface area contributed by atoms with Gasteiger partial charge in [0.25, 0.3) is 0 Å². The molecular formula is C20H28ClN4O3+. The maximum Gasteiger partial charge on any atom is 0.338 e. The van der Waals surface area contributed by atoms with E-state index in [1.54, 1.807) is 6.92 Å². The molecule has 152 valence electrons. The van der Waals surface area contributed by atoms with Crippen LogP contribution in [-0.2, 0) is 9.53 Å². The molecule has 0 aliphatic carbocycles. The van der Waals surface area contributed by atoms with Crippen molar-refractivity contribution in [2.45, 2.75) is 26.3 Å². The van der Waals surface area contributed by atoms with E-state index in [0.717, 1.165) is 36.9 Å². The SMILES string of the molecule is CCOC(=O)C1=C(C[NH+]2CCN(c3ccccc3Cl)CC2)NC(=O)N[C@H]1CC. The average Bonchev–Trinajstić information content (AvgIpc) is 2.68. The molecule has 1 aromatic carbocycles. The first kappa shape index (κ1) is 20.5. The third-order valence-corrected chi connectivity index (χ3v) is 5.56. The van der Waals surface area contributed by atoms with Crippen molar-refractivity contribution in [3.8, 4) is 0 Å². The molecule has 0 saturated carbocycles. The summed E-state index contributed by atoms with van der Waals surface area (Å²) in [5.74, 6) is -0.356. The highest BCUT2D eigenvalue weighted by Gasteiger charge is 2.34. The number of halogens is 1. The van der Waals surface area contributed by atoms with Gasteiger partial charge in [-0.2, -0.15) is 0 Å². The van der Waals surface area contributed by atoms with Crippen LogP contribution in [-0.4, -0.2) is 57.4 Å². The molecule has 3 N–H and O–H groups in total. The lowest BCUT2D eigenvalue weighted by Gasteiger charge is -2.36. The first-order valence-corrected chi connectivity index (χ1v) is 10.2. The minimum Gasteiger partial charge on any atom is -0.463 e. The fourth-order valence-electron chi connectivity index (χ4n) is 3.80. The van der Waals surface area contributed by atoms with Crippen molar-refractivity contribution in [3.63, 3.8) is 0 Å². The van der Waals surface area contributed by atoms with E-state index in [0.29, 0.717) is 30.8 Å². The van der Waals surface area contributed by atoms with Crippen LogP contribution in [0, 0.1) is 0 Å². The Morgan fingerprint density at radius 2 is 2.00 bits per heavy atom. The van der Waals surface area contributed by atoms with Crippen LogP contribution in [0.25, 0.3) is 0 Å². The number of nitrogens with one attached hydrogen (secondary N) is 3. The highest BCUT2D eigenvalue weighted by molar-refractivity contribution is 6.33. The number of hydrogen-bond acceptors (Lipinski definition) is 4. The monoisotopic (exact) mass is 407 g/mol. The van der Waals surface area contributed by atoms with Gasteiger partial charge in [0.15, 0.2) is 0 Å². The Morgan fingerprint density at radius 3 is 2.64 bits per heavy atom. The number of benzene rings is 1. The largest absolute Gasteiger partial charge is 0.463 e. The van der Waals surface area contributed by atoms with E-state index in [9.17, 15) is 9.59 Å². The molecule has 0 unspecified atom stereocenters. The van der Waals surface area contributed by atoms with Gasteiger partial charge in [-0.25, -0.2) is 9.59 Å². The third kappa shape index (κ3) is 4.59. The van der Waals surface area contributed by atoms with Gasteiger partial charge >= 0.3 is 12.0 Å². The number of nitrogens with zero attached hydrogens (tertiary/aromatic N) is 1. The Morgan fingerprint density at radius 1 is 1.29 bits per heavy atom. The summed E-state index contributed by atoms with van der Waals surface area (Å²) in [6, 6.07) is 7.29. The quantitative estimate of drug-likeness (QED) is 0.614. The van der Waals surface area contributed by atoms with E-state index in [-0.39, 0.29) is 18.0 Å². The Bertz CT molecular complexity index is 760. The van der Waals surface area contributed by atoms with Gasteiger partial charge in [-0.1, -0.05) is 30.7 Å². The molecule has 0 radical (unpaired) electrons. The lowest BCUT2D eigenvalue weighted by molar-refractivity contribution is -0.896. The van der Waals surface area contributed by atoms with Crippen molar-refractivity contribution in [2.24, 2.45) is 0 Å². The number of esters is 1. The molecule has 2 aliphatic heterocycles. The molecule has 2 aliphatic rings. The Balaban J connectivity index is 1.71. The molecule has 1 fully saturated rings. The van der Waals surface area contributed by atoms with Crippen LogP contribution < -0.4 is 20.4 Å². The molecule has 28 heavy (non-hydrogen) atoms. The van der Waals surface area contributed by atoms with Gasteiger partial charge in [-0.05, 0) is 25.5 Å². The van der Waals surface area contributed by atoms with Crippen LogP contribution in [0.1, 0.15) is 20.3 Å². The zero-order valence-corrected chi connectivity index (χ0v) is 17.1. The second kappa shape index (κ2) is 9.30. The van der Waals surface area contributed by atoms with Gasteiger partial charge in [-0.3, -0.25) is 0 Å². The van der Waals surface area contributed by atoms with Gasteiger partial charge in [0.2, 0.25) is 0 Å². The standard InChI is InChI=1S/C20H27ClN4O3/c1-3-15-18(19(26)28-4-2)16(23-20(27)22-15)13-24-9-11-25(12-10-24)17-8-6-5-7-14(17)21/h5-8,15H,3-4,9-13H2,1-2H3,(H2,22,23,27)/p+1/t15-/m0/s1. The van der Waals surface area contributed by atoms with E-state index < -0.39 is 0 Å². The molecule has 8 heteroatoms. The number of ether oxygens (including phenoxy) is 1. The smallest absolute Gasteiger partial charge is 0.338 e. The van der Waals surface area contributed by atoms with Crippen molar-refractivity contribution in [1.82, 2.24) is 10.6 Å². The summed E-state index contributed by atoms with van der Waals surface area (Å²) in [7, 11) is 0. The number of anilines is 1. The van der Waals surface area contributed by atoms with E-state index >= 15 is 0 Å². The number of piperazine rings is 1. The molecule has 1 atom stereocenters. The summed E-state index contributed by atoms with van der Waals surface area (Å²) < 4.78 is 5.24. The molecule has 0 bridgehead atoms. The summed E-state index contributed by atoms with van der Waals surface area (Å²) in [6.45, 7) is 8.15. The molecule has 3 rings (SSSR count). The number of quaternary nitrogens is 1. The minimum absolute atomic E-state index is 0.260. The number of urea groups is 1. The van der Waals surface area contributed by atoms with Crippen LogP contribution in [0.2, 0.25) is 5.02 Å². The first-order chi connectivity index (χ1) is 13.5. The third-order valence-electron chi connectivity index (χ3n) is 5.24. The summed E-state index contributed by atoms with van der Waals surface area (Å²) in [4.78, 5) is 28.1. The van der Waals surface area contributed by atoms with Crippen LogP contribution in [0.15, 0.2) is 35.5 Å². The summed E-state index contributed by atoms with van der Waals surface area (Å²) >= 11 is 6.32. The Hall–Kier alpha value is -2.25. The van der Waals surface area contributed by atoms with Crippen molar-refractivity contribution in [3.05, 3.63) is 40.6 Å². The molecule has 0 spiro atoms. The zero-order valence-electron chi connectivity index (χ0n) is 16.4. The summed E-state index contributed by atoms with van der Waals surface area (Å²) in [6.07, 6.45) is 0.640. The van der Waals surface area contributed by atoms with E-state index in [1.807, 2.05) is 31.2 Å². The number of carbonyl (C=O) groups is 2. The second-order valence-electron chi connectivity index (χ2n) is 7.04. The first-order valence-electron chi connectivity index (χ1n) is 9.84. The van der Waals surface area contributed by atoms with Gasteiger partial charge in [0.05, 0.1) is 60.8 Å². The van der Waals surface area contributed by atoms with Crippen molar-refractivity contribution < 1.29 is 19.2 Å². The normalized spacial score (nSPS) is 20.6. The number of amides is 2. The molecule has 2 amide bonds. The van der Waals surface area contributed by atoms with Gasteiger partial charge in [0, 0.05) is 0 Å². The van der Waals surface area contributed by atoms with Crippen LogP contribution >= 0.6 is 11.6 Å². The maximum atomic E-state index is 12.5. The summed E-state index contributed by atoms with van der Waals surface area (Å²) in [5, 5.41) is 6.42. The minimum atomic E-state index is -0.356. The highest BCUT2D eigenvalue weighted by atomic mass is 35.5. The highest BCUT2D eigenvalue weighted by Crippen LogP contribution is 2.25. The maximum absolute atomic E-state index is 12.5. The van der Waals surface area contributed by atoms with Gasteiger partial charge < -0.3 is 25.2 Å². The van der Waals surface area contributed by atoms with E-state index in [2.05, 4.69) is 15.5 Å². The van der Waals surface area contributed by atoms with Crippen molar-refractivity contribution >= 4 is 29.3 Å². The van der Waals surface area contributed by atoms with E-state index in [1.165, 1.54) is 4.90 Å². The van der Waals surface area contributed by atoms with Crippen LogP contribution in [0.4, 0.5) is 10.5 Å². The fraction of sp³-hybridized carbons (Fsp3) is 0.500. The predicted octanol–water partition coefficient (Wildman–Crippen LogP) is 0.954. The molecule has 2 heterocycles. The zero-order chi connectivity index (χ0) is 20.1. The molecule has 0 aromatic heterocycles. The van der Waals surface area contributed by atoms with Crippen LogP contribution in [0.5, 0.6) is 0 Å². The number of para-hydroxylation sites is 1. The van der Waals surface area contributed by atoms with Crippen molar-refractivity contribution in [1.29, 1.82) is 0 Å². The topological polar surface area (TPSA) is 75.1 Å². The number of carbonyl (C=O) groups excluding carboxylic acids is 2. The number of hydrogen-bond donors (Lipinski definition) is 3. The average molecular weight is 408 g/mol. The van der Waals surface area contributed by atoms with Crippen molar-refractivity contribution in [2.75, 3.05) is 44.2 Å². The van der Waals surface area contributed by atoms with Crippen LogP contribution in [0.3, 0.4) is 0 Å². The molecule has 1 aromatic rings. The number of rotatable bonds is 6. The summed E-state index contributed by atoms with van der Waals surface area (Å²) in [5.41, 5.74) is 2.27.